The Kier molecular flexibility index (Phi) is 6.30. The molecule has 2 atom stereocenters. The lowest BCUT2D eigenvalue weighted by Crippen LogP contribution is -2.43. The first-order valence-corrected chi connectivity index (χ1v) is 8.33. The third kappa shape index (κ3) is 3.73. The number of carbonyl (C=O) groups excluding carboxylic acids is 1. The Hall–Kier alpha value is -0.610. The van der Waals surface area contributed by atoms with Gasteiger partial charge in [0.25, 0.3) is 0 Å². The molecule has 4 nitrogen and oxygen atoms in total. The first kappa shape index (κ1) is 15.8. The van der Waals surface area contributed by atoms with Gasteiger partial charge in [-0.2, -0.15) is 0 Å². The van der Waals surface area contributed by atoms with Crippen molar-refractivity contribution < 1.29 is 9.53 Å². The Bertz CT molecular complexity index is 303. The van der Waals surface area contributed by atoms with E-state index < -0.39 is 0 Å². The molecule has 2 unspecified atom stereocenters. The van der Waals surface area contributed by atoms with Gasteiger partial charge >= 0.3 is 0 Å². The zero-order chi connectivity index (χ0) is 14.4. The minimum Gasteiger partial charge on any atom is -0.385 e. The first-order chi connectivity index (χ1) is 9.77. The van der Waals surface area contributed by atoms with Crippen LogP contribution >= 0.6 is 0 Å². The molecular weight excluding hydrogens is 252 g/mol. The summed E-state index contributed by atoms with van der Waals surface area (Å²) in [4.78, 5) is 14.7. The molecule has 1 saturated heterocycles. The van der Waals surface area contributed by atoms with Crippen molar-refractivity contribution in [3.8, 4) is 0 Å². The van der Waals surface area contributed by atoms with Crippen LogP contribution in [0.25, 0.3) is 0 Å². The Morgan fingerprint density at radius 2 is 2.05 bits per heavy atom. The van der Waals surface area contributed by atoms with Gasteiger partial charge in [-0.05, 0) is 31.6 Å². The second kappa shape index (κ2) is 7.99. The molecule has 1 aliphatic carbocycles. The summed E-state index contributed by atoms with van der Waals surface area (Å²) in [5.41, 5.74) is 0. The fraction of sp³-hybridized carbons (Fsp3) is 0.938. The second-order valence-electron chi connectivity index (χ2n) is 6.23. The number of unbranched alkanes of at least 4 members (excludes halogenated alkanes) is 1. The summed E-state index contributed by atoms with van der Waals surface area (Å²) >= 11 is 0. The predicted octanol–water partition coefficient (Wildman–Crippen LogP) is 2.53. The van der Waals surface area contributed by atoms with Crippen molar-refractivity contribution in [2.24, 2.45) is 5.92 Å². The number of amides is 1. The van der Waals surface area contributed by atoms with E-state index in [4.69, 9.17) is 4.74 Å². The molecule has 1 aliphatic heterocycles. The average Bonchev–Trinajstić information content (AvgIpc) is 3.07. The molecule has 20 heavy (non-hydrogen) atoms. The lowest BCUT2D eigenvalue weighted by molar-refractivity contribution is -0.130. The molecule has 1 saturated carbocycles. The van der Waals surface area contributed by atoms with Gasteiger partial charge in [-0.1, -0.05) is 32.6 Å². The lowest BCUT2D eigenvalue weighted by Gasteiger charge is -2.29. The Balaban J connectivity index is 1.96. The molecule has 1 heterocycles. The maximum Gasteiger partial charge on any atom is 0.241 e. The maximum absolute atomic E-state index is 12.6. The highest BCUT2D eigenvalue weighted by atomic mass is 16.5. The molecule has 1 N–H and O–H groups in total. The number of rotatable bonds is 8. The number of hydrogen-bond donors (Lipinski definition) is 1. The van der Waals surface area contributed by atoms with Crippen LogP contribution in [-0.2, 0) is 9.53 Å². The van der Waals surface area contributed by atoms with Crippen LogP contribution in [0.2, 0.25) is 0 Å². The molecule has 0 aromatic heterocycles. The maximum atomic E-state index is 12.6. The Morgan fingerprint density at radius 3 is 2.70 bits per heavy atom. The van der Waals surface area contributed by atoms with Crippen molar-refractivity contribution in [3.05, 3.63) is 0 Å². The SMILES string of the molecule is CCCCC1NC(C2CCCC2)N(CCCOC)C1=O. The fourth-order valence-electron chi connectivity index (χ4n) is 3.61. The molecular formula is C16H30N2O2. The highest BCUT2D eigenvalue weighted by Gasteiger charge is 2.42. The van der Waals surface area contributed by atoms with Crippen molar-refractivity contribution in [3.63, 3.8) is 0 Å². The topological polar surface area (TPSA) is 41.6 Å². The summed E-state index contributed by atoms with van der Waals surface area (Å²) in [6.45, 7) is 3.76. The summed E-state index contributed by atoms with van der Waals surface area (Å²) in [7, 11) is 1.72. The van der Waals surface area contributed by atoms with E-state index in [9.17, 15) is 4.79 Å². The van der Waals surface area contributed by atoms with Crippen molar-refractivity contribution in [1.29, 1.82) is 0 Å². The minimum atomic E-state index is 0.0584. The van der Waals surface area contributed by atoms with Gasteiger partial charge in [-0.15, -0.1) is 0 Å². The highest BCUT2D eigenvalue weighted by Crippen LogP contribution is 2.32. The van der Waals surface area contributed by atoms with E-state index in [-0.39, 0.29) is 12.2 Å². The zero-order valence-corrected chi connectivity index (χ0v) is 13.1. The number of hydrogen-bond acceptors (Lipinski definition) is 3. The molecule has 1 amide bonds. The normalized spacial score (nSPS) is 27.7. The third-order valence-electron chi connectivity index (χ3n) is 4.73. The van der Waals surface area contributed by atoms with E-state index in [2.05, 4.69) is 17.1 Å². The van der Waals surface area contributed by atoms with Gasteiger partial charge in [0.1, 0.15) is 0 Å². The van der Waals surface area contributed by atoms with Crippen molar-refractivity contribution in [2.75, 3.05) is 20.3 Å². The molecule has 116 valence electrons. The van der Waals surface area contributed by atoms with Gasteiger partial charge < -0.3 is 9.64 Å². The lowest BCUT2D eigenvalue weighted by atomic mass is 10.0. The fourth-order valence-corrected chi connectivity index (χ4v) is 3.61. The molecule has 4 heteroatoms. The smallest absolute Gasteiger partial charge is 0.241 e. The van der Waals surface area contributed by atoms with Gasteiger partial charge in [-0.25, -0.2) is 0 Å². The molecule has 0 spiro atoms. The molecule has 0 aromatic rings. The van der Waals surface area contributed by atoms with Gasteiger partial charge in [0.05, 0.1) is 12.2 Å². The van der Waals surface area contributed by atoms with Gasteiger partial charge in [0.15, 0.2) is 0 Å². The van der Waals surface area contributed by atoms with Crippen LogP contribution in [0.5, 0.6) is 0 Å². The molecule has 0 radical (unpaired) electrons. The molecule has 0 aromatic carbocycles. The average molecular weight is 282 g/mol. The minimum absolute atomic E-state index is 0.0584. The summed E-state index contributed by atoms with van der Waals surface area (Å²) in [6.07, 6.45) is 9.68. The number of nitrogens with zero attached hydrogens (tertiary/aromatic N) is 1. The Morgan fingerprint density at radius 1 is 1.30 bits per heavy atom. The summed E-state index contributed by atoms with van der Waals surface area (Å²) in [6, 6.07) is 0.0584. The van der Waals surface area contributed by atoms with E-state index in [0.29, 0.717) is 11.8 Å². The summed E-state index contributed by atoms with van der Waals surface area (Å²) < 4.78 is 5.13. The molecule has 2 fully saturated rings. The molecule has 2 rings (SSSR count). The number of ether oxygens (including phenoxy) is 1. The summed E-state index contributed by atoms with van der Waals surface area (Å²) in [5.74, 6) is 0.986. The predicted molar refractivity (Wildman–Crippen MR) is 80.4 cm³/mol. The van der Waals surface area contributed by atoms with E-state index in [1.807, 2.05) is 0 Å². The number of nitrogens with one attached hydrogen (secondary N) is 1. The van der Waals surface area contributed by atoms with Crippen LogP contribution in [-0.4, -0.2) is 43.3 Å². The Labute approximate surface area is 123 Å². The van der Waals surface area contributed by atoms with Crippen molar-refractivity contribution >= 4 is 5.91 Å². The van der Waals surface area contributed by atoms with Crippen molar-refractivity contribution in [1.82, 2.24) is 10.2 Å². The largest absolute Gasteiger partial charge is 0.385 e. The zero-order valence-electron chi connectivity index (χ0n) is 13.1. The van der Waals surface area contributed by atoms with Crippen LogP contribution < -0.4 is 5.32 Å². The van der Waals surface area contributed by atoms with E-state index in [0.717, 1.165) is 38.8 Å². The van der Waals surface area contributed by atoms with Crippen molar-refractivity contribution in [2.45, 2.75) is 70.5 Å². The van der Waals surface area contributed by atoms with E-state index in [1.165, 1.54) is 25.7 Å². The first-order valence-electron chi connectivity index (χ1n) is 8.33. The van der Waals surface area contributed by atoms with Gasteiger partial charge in [0.2, 0.25) is 5.91 Å². The van der Waals surface area contributed by atoms with Crippen LogP contribution in [0.1, 0.15) is 58.3 Å². The van der Waals surface area contributed by atoms with E-state index in [1.54, 1.807) is 7.11 Å². The van der Waals surface area contributed by atoms with Crippen LogP contribution in [0.3, 0.4) is 0 Å². The van der Waals surface area contributed by atoms with Gasteiger partial charge in [0, 0.05) is 20.3 Å². The van der Waals surface area contributed by atoms with Crippen LogP contribution in [0, 0.1) is 5.92 Å². The second-order valence-corrected chi connectivity index (χ2v) is 6.23. The monoisotopic (exact) mass is 282 g/mol. The quantitative estimate of drug-likeness (QED) is 0.696. The third-order valence-corrected chi connectivity index (χ3v) is 4.73. The molecule has 0 bridgehead atoms. The van der Waals surface area contributed by atoms with E-state index >= 15 is 0 Å². The number of carbonyl (C=O) groups is 1. The molecule has 2 aliphatic rings. The van der Waals surface area contributed by atoms with Crippen LogP contribution in [0.4, 0.5) is 0 Å². The van der Waals surface area contributed by atoms with Gasteiger partial charge in [-0.3, -0.25) is 10.1 Å². The highest BCUT2D eigenvalue weighted by molar-refractivity contribution is 5.84. The standard InChI is InChI=1S/C16H30N2O2/c1-3-4-10-14-16(19)18(11-7-12-20-2)15(17-14)13-8-5-6-9-13/h13-15,17H,3-12H2,1-2H3. The van der Waals surface area contributed by atoms with Crippen LogP contribution in [0.15, 0.2) is 0 Å². The number of methoxy groups -OCH3 is 1. The summed E-state index contributed by atoms with van der Waals surface area (Å²) in [5, 5.41) is 3.63.